The second-order valence-corrected chi connectivity index (χ2v) is 3.86. The van der Waals surface area contributed by atoms with Crippen LogP contribution >= 0.6 is 0 Å². The highest BCUT2D eigenvalue weighted by molar-refractivity contribution is 5.95. The Balaban J connectivity index is 2.19. The van der Waals surface area contributed by atoms with Gasteiger partial charge in [-0.3, -0.25) is 0 Å². The third-order valence-electron chi connectivity index (χ3n) is 2.43. The molecule has 0 saturated heterocycles. The Morgan fingerprint density at radius 2 is 2.00 bits per heavy atom. The van der Waals surface area contributed by atoms with Crippen LogP contribution in [0.5, 0.6) is 17.4 Å². The maximum absolute atomic E-state index is 8.63. The second-order valence-electron chi connectivity index (χ2n) is 3.86. The molecule has 3 N–H and O–H groups in total. The molecule has 20 heavy (non-hydrogen) atoms. The van der Waals surface area contributed by atoms with E-state index in [9.17, 15) is 0 Å². The van der Waals surface area contributed by atoms with Crippen molar-refractivity contribution in [2.45, 2.75) is 6.92 Å². The van der Waals surface area contributed by atoms with Crippen LogP contribution in [0.15, 0.2) is 47.6 Å². The van der Waals surface area contributed by atoms with Gasteiger partial charge in [0.1, 0.15) is 17.2 Å². The highest BCUT2D eigenvalue weighted by Gasteiger charge is 2.05. The number of ether oxygens (including phenoxy) is 2. The molecule has 0 bridgehead atoms. The fourth-order valence-electron chi connectivity index (χ4n) is 1.58. The molecule has 0 saturated carbocycles. The van der Waals surface area contributed by atoms with Crippen molar-refractivity contribution in [2.24, 2.45) is 10.9 Å². The summed E-state index contributed by atoms with van der Waals surface area (Å²) in [4.78, 5) is 4.14. The Morgan fingerprint density at radius 1 is 1.25 bits per heavy atom. The molecule has 0 atom stereocenters. The first-order chi connectivity index (χ1) is 9.72. The zero-order valence-electron chi connectivity index (χ0n) is 11.0. The molecule has 104 valence electrons. The minimum Gasteiger partial charge on any atom is -0.494 e. The van der Waals surface area contributed by atoms with E-state index in [0.717, 1.165) is 5.75 Å². The Morgan fingerprint density at radius 3 is 2.75 bits per heavy atom. The third kappa shape index (κ3) is 3.38. The lowest BCUT2D eigenvalue weighted by Gasteiger charge is -2.08. The minimum absolute atomic E-state index is 0.0708. The number of pyridine rings is 1. The van der Waals surface area contributed by atoms with Gasteiger partial charge in [0.25, 0.3) is 0 Å². The summed E-state index contributed by atoms with van der Waals surface area (Å²) in [5.74, 6) is 1.60. The molecule has 0 aliphatic carbocycles. The van der Waals surface area contributed by atoms with E-state index < -0.39 is 0 Å². The van der Waals surface area contributed by atoms with Gasteiger partial charge in [0.2, 0.25) is 5.88 Å². The van der Waals surface area contributed by atoms with Crippen LogP contribution in [0.25, 0.3) is 0 Å². The number of oxime groups is 1. The van der Waals surface area contributed by atoms with Crippen molar-refractivity contribution in [1.29, 1.82) is 0 Å². The maximum Gasteiger partial charge on any atom is 0.219 e. The van der Waals surface area contributed by atoms with Gasteiger partial charge in [-0.05, 0) is 25.1 Å². The summed E-state index contributed by atoms with van der Waals surface area (Å²) >= 11 is 0. The van der Waals surface area contributed by atoms with E-state index in [4.69, 9.17) is 20.4 Å². The van der Waals surface area contributed by atoms with Gasteiger partial charge in [-0.2, -0.15) is 0 Å². The Hall–Kier alpha value is -2.76. The van der Waals surface area contributed by atoms with Gasteiger partial charge in [0, 0.05) is 12.1 Å². The average molecular weight is 273 g/mol. The van der Waals surface area contributed by atoms with Crippen LogP contribution in [0.3, 0.4) is 0 Å². The van der Waals surface area contributed by atoms with Crippen LogP contribution < -0.4 is 15.2 Å². The number of amidine groups is 1. The predicted molar refractivity (Wildman–Crippen MR) is 74.4 cm³/mol. The molecule has 2 aromatic rings. The van der Waals surface area contributed by atoms with Gasteiger partial charge in [-0.15, -0.1) is 0 Å². The molecule has 0 radical (unpaired) electrons. The van der Waals surface area contributed by atoms with E-state index in [1.165, 1.54) is 0 Å². The lowest BCUT2D eigenvalue weighted by atomic mass is 10.3. The van der Waals surface area contributed by atoms with Crippen molar-refractivity contribution < 1.29 is 14.7 Å². The molecule has 6 heteroatoms. The van der Waals surface area contributed by atoms with Gasteiger partial charge in [-0.1, -0.05) is 17.3 Å². The highest BCUT2D eigenvalue weighted by Crippen LogP contribution is 2.24. The zero-order chi connectivity index (χ0) is 14.4. The first kappa shape index (κ1) is 13.7. The number of hydrogen-bond donors (Lipinski definition) is 2. The molecule has 0 amide bonds. The molecule has 0 fully saturated rings. The number of rotatable bonds is 5. The number of benzene rings is 1. The van der Waals surface area contributed by atoms with E-state index in [2.05, 4.69) is 10.1 Å². The van der Waals surface area contributed by atoms with Gasteiger partial charge in [0.15, 0.2) is 5.84 Å². The fourth-order valence-corrected chi connectivity index (χ4v) is 1.58. The maximum atomic E-state index is 8.63. The second kappa shape index (κ2) is 6.42. The summed E-state index contributed by atoms with van der Waals surface area (Å²) in [6, 6.07) is 12.2. The van der Waals surface area contributed by atoms with Crippen LogP contribution in [-0.4, -0.2) is 22.6 Å². The SMILES string of the molecule is CCOc1cccc(Oc2cccc(C(N)=NO)n2)c1. The molecule has 0 aliphatic heterocycles. The first-order valence-electron chi connectivity index (χ1n) is 6.08. The molecule has 1 heterocycles. The van der Waals surface area contributed by atoms with Crippen molar-refractivity contribution >= 4 is 5.84 Å². The van der Waals surface area contributed by atoms with Crippen molar-refractivity contribution in [3.05, 3.63) is 48.2 Å². The first-order valence-corrected chi connectivity index (χ1v) is 6.08. The van der Waals surface area contributed by atoms with Gasteiger partial charge in [0.05, 0.1) is 6.61 Å². The molecule has 1 aromatic carbocycles. The highest BCUT2D eigenvalue weighted by atomic mass is 16.5. The van der Waals surface area contributed by atoms with Gasteiger partial charge in [-0.25, -0.2) is 4.98 Å². The standard InChI is InChI=1S/C14H15N3O3/c1-2-19-10-5-3-6-11(9-10)20-13-8-4-7-12(16-13)14(15)17-18/h3-9,18H,2H2,1H3,(H2,15,17). The quantitative estimate of drug-likeness (QED) is 0.378. The van der Waals surface area contributed by atoms with Crippen LogP contribution in [0.2, 0.25) is 0 Å². The third-order valence-corrected chi connectivity index (χ3v) is 2.43. The number of hydrogen-bond acceptors (Lipinski definition) is 5. The van der Waals surface area contributed by atoms with Crippen molar-refractivity contribution in [3.8, 4) is 17.4 Å². The summed E-state index contributed by atoms with van der Waals surface area (Å²) in [6.45, 7) is 2.50. The largest absolute Gasteiger partial charge is 0.494 e. The molecule has 0 spiro atoms. The van der Waals surface area contributed by atoms with Crippen molar-refractivity contribution in [3.63, 3.8) is 0 Å². The summed E-state index contributed by atoms with van der Waals surface area (Å²) in [7, 11) is 0. The number of nitrogens with two attached hydrogens (primary N) is 1. The Labute approximate surface area is 116 Å². The van der Waals surface area contributed by atoms with Crippen LogP contribution in [0.1, 0.15) is 12.6 Å². The zero-order valence-corrected chi connectivity index (χ0v) is 11.0. The summed E-state index contributed by atoms with van der Waals surface area (Å²) < 4.78 is 11.0. The topological polar surface area (TPSA) is 90.0 Å². The smallest absolute Gasteiger partial charge is 0.219 e. The van der Waals surface area contributed by atoms with E-state index in [-0.39, 0.29) is 5.84 Å². The van der Waals surface area contributed by atoms with E-state index in [0.29, 0.717) is 23.9 Å². The molecule has 2 rings (SSSR count). The normalized spacial score (nSPS) is 11.2. The average Bonchev–Trinajstić information content (AvgIpc) is 2.47. The van der Waals surface area contributed by atoms with Crippen LogP contribution in [0, 0.1) is 0 Å². The predicted octanol–water partition coefficient (Wildman–Crippen LogP) is 2.37. The molecule has 0 unspecified atom stereocenters. The Bertz CT molecular complexity index is 614. The lowest BCUT2D eigenvalue weighted by Crippen LogP contribution is -2.14. The van der Waals surface area contributed by atoms with Crippen LogP contribution in [0.4, 0.5) is 0 Å². The van der Waals surface area contributed by atoms with Crippen LogP contribution in [-0.2, 0) is 0 Å². The molecule has 6 nitrogen and oxygen atoms in total. The van der Waals surface area contributed by atoms with Crippen molar-refractivity contribution in [1.82, 2.24) is 4.98 Å². The number of nitrogens with zero attached hydrogens (tertiary/aromatic N) is 2. The lowest BCUT2D eigenvalue weighted by molar-refractivity contribution is 0.318. The Kier molecular flexibility index (Phi) is 4.39. The van der Waals surface area contributed by atoms with E-state index in [1.54, 1.807) is 30.3 Å². The number of aromatic nitrogens is 1. The van der Waals surface area contributed by atoms with Gasteiger partial charge >= 0.3 is 0 Å². The molecular formula is C14H15N3O3. The summed E-state index contributed by atoms with van der Waals surface area (Å²) in [5.41, 5.74) is 5.82. The van der Waals surface area contributed by atoms with E-state index in [1.807, 2.05) is 19.1 Å². The summed E-state index contributed by atoms with van der Waals surface area (Å²) in [5, 5.41) is 11.5. The van der Waals surface area contributed by atoms with Crippen molar-refractivity contribution in [2.75, 3.05) is 6.61 Å². The molecular weight excluding hydrogens is 258 g/mol. The summed E-state index contributed by atoms with van der Waals surface area (Å²) in [6.07, 6.45) is 0. The monoisotopic (exact) mass is 273 g/mol. The molecule has 1 aromatic heterocycles. The van der Waals surface area contributed by atoms with E-state index >= 15 is 0 Å². The minimum atomic E-state index is -0.0708. The van der Waals surface area contributed by atoms with Gasteiger partial charge < -0.3 is 20.4 Å². The molecule has 0 aliphatic rings. The fraction of sp³-hybridized carbons (Fsp3) is 0.143.